The van der Waals surface area contributed by atoms with Gasteiger partial charge in [-0.1, -0.05) is 24.3 Å². The number of anilines is 1. The Morgan fingerprint density at radius 2 is 1.77 bits per heavy atom. The Bertz CT molecular complexity index is 1560. The van der Waals surface area contributed by atoms with E-state index >= 15 is 0 Å². The highest BCUT2D eigenvalue weighted by Crippen LogP contribution is 2.50. The maximum atomic E-state index is 13.2. The molecule has 13 nitrogen and oxygen atoms in total. The lowest BCUT2D eigenvalue weighted by Gasteiger charge is -2.27. The number of nitrogens with zero attached hydrogens (tertiary/aromatic N) is 5. The third-order valence-corrected chi connectivity index (χ3v) is 10.1. The van der Waals surface area contributed by atoms with Crippen molar-refractivity contribution in [1.29, 1.82) is 0 Å². The van der Waals surface area contributed by atoms with Crippen molar-refractivity contribution in [3.05, 3.63) is 46.9 Å². The van der Waals surface area contributed by atoms with E-state index in [2.05, 4.69) is 32.1 Å². The Morgan fingerprint density at radius 1 is 1.09 bits per heavy atom. The number of hydrogen-bond acceptors (Lipinski definition) is 12. The summed E-state index contributed by atoms with van der Waals surface area (Å²) in [6.07, 6.45) is -0.449. The van der Waals surface area contributed by atoms with E-state index in [1.54, 1.807) is 20.0 Å². The summed E-state index contributed by atoms with van der Waals surface area (Å²) in [5.41, 5.74) is 2.86. The smallest absolute Gasteiger partial charge is 0.330 e. The largest absolute Gasteiger partial charge is 0.456 e. The van der Waals surface area contributed by atoms with Crippen molar-refractivity contribution >= 4 is 48.0 Å². The normalized spacial score (nSPS) is 23.1. The van der Waals surface area contributed by atoms with Crippen LogP contribution in [0.5, 0.6) is 0 Å². The van der Waals surface area contributed by atoms with Gasteiger partial charge >= 0.3 is 19.5 Å². The number of aryl methyl sites for hydroxylation is 1. The summed E-state index contributed by atoms with van der Waals surface area (Å²) in [4.78, 5) is 35.5. The Balaban J connectivity index is 1.51. The van der Waals surface area contributed by atoms with Gasteiger partial charge in [0.05, 0.1) is 37.0 Å². The summed E-state index contributed by atoms with van der Waals surface area (Å²) < 4.78 is 43.2. The van der Waals surface area contributed by atoms with Crippen molar-refractivity contribution in [3.63, 3.8) is 0 Å². The molecule has 0 spiro atoms. The monoisotopic (exact) mass is 649 g/mol. The molecule has 44 heavy (non-hydrogen) atoms. The molecular weight excluding hydrogens is 613 g/mol. The van der Waals surface area contributed by atoms with Crippen molar-refractivity contribution in [2.45, 2.75) is 77.5 Å². The van der Waals surface area contributed by atoms with E-state index in [4.69, 9.17) is 34.9 Å². The molecule has 1 aromatic carbocycles. The zero-order valence-electron chi connectivity index (χ0n) is 25.3. The molecule has 0 amide bonds. The van der Waals surface area contributed by atoms with E-state index in [-0.39, 0.29) is 37.1 Å². The molecule has 0 saturated carbocycles. The first kappa shape index (κ1) is 32.3. The van der Waals surface area contributed by atoms with E-state index in [0.29, 0.717) is 16.9 Å². The molecule has 0 bridgehead atoms. The number of rotatable bonds is 12. The summed E-state index contributed by atoms with van der Waals surface area (Å²) >= 11 is 6.47. The van der Waals surface area contributed by atoms with Gasteiger partial charge in [-0.2, -0.15) is 15.1 Å². The second-order valence-electron chi connectivity index (χ2n) is 10.7. The molecule has 2 aliphatic rings. The predicted octanol–water partition coefficient (Wildman–Crippen LogP) is 5.02. The molecule has 238 valence electrons. The molecule has 1 fully saturated rings. The summed E-state index contributed by atoms with van der Waals surface area (Å²) in [6.45, 7) is 6.33. The van der Waals surface area contributed by atoms with Gasteiger partial charge in [-0.15, -0.1) is 0 Å². The fourth-order valence-corrected chi connectivity index (χ4v) is 7.91. The second kappa shape index (κ2) is 13.5. The molecule has 5 rings (SSSR count). The highest BCUT2D eigenvalue weighted by molar-refractivity contribution is 7.53. The summed E-state index contributed by atoms with van der Waals surface area (Å²) in [6, 6.07) is 8.39. The van der Waals surface area contributed by atoms with Crippen LogP contribution in [0.2, 0.25) is 5.28 Å². The van der Waals surface area contributed by atoms with Gasteiger partial charge < -0.3 is 28.2 Å². The number of carbonyl (C=O) groups excluding carboxylic acids is 2. The number of carbonyl (C=O) groups is 2. The first-order chi connectivity index (χ1) is 21.0. The molecule has 0 unspecified atom stereocenters. The number of aromatic nitrogens is 4. The van der Waals surface area contributed by atoms with Gasteiger partial charge in [-0.05, 0) is 55.8 Å². The lowest BCUT2D eigenvalue weighted by Crippen LogP contribution is -2.39. The topological polar surface area (TPSA) is 144 Å². The average Bonchev–Trinajstić information content (AvgIpc) is 3.67. The number of halogens is 1. The second-order valence-corrected chi connectivity index (χ2v) is 13.2. The van der Waals surface area contributed by atoms with Gasteiger partial charge in [0.15, 0.2) is 24.1 Å². The van der Waals surface area contributed by atoms with Crippen molar-refractivity contribution in [2.75, 3.05) is 31.3 Å². The molecule has 5 atom stereocenters. The van der Waals surface area contributed by atoms with Crippen LogP contribution in [0.25, 0.3) is 11.0 Å². The molecule has 15 heteroatoms. The zero-order chi connectivity index (χ0) is 31.6. The van der Waals surface area contributed by atoms with Crippen LogP contribution in [0.1, 0.15) is 63.9 Å². The predicted molar refractivity (Wildman–Crippen MR) is 162 cm³/mol. The van der Waals surface area contributed by atoms with E-state index in [1.807, 2.05) is 19.2 Å². The highest BCUT2D eigenvalue weighted by Gasteiger charge is 2.51. The van der Waals surface area contributed by atoms with Crippen LogP contribution >= 0.6 is 19.2 Å². The number of fused-ring (bicyclic) bond motifs is 2. The standard InChI is InChI=1S/C29H37ClN5O8P/c1-6-39-44(38,40-7-2)15-14-23-24(41-17(3)36)25(42-18(4)37)28(43-23)35-27-21(16-31-35)26(32-29(30)33-27)34(5)22-13-12-19-10-8-9-11-20(19)22/h8-11,16,22-25,28H,6-7,12-15H2,1-5H3/t22-,23+,24+,25+,28+/m0/s1. The number of benzene rings is 1. The molecule has 1 aliphatic heterocycles. The third-order valence-electron chi connectivity index (χ3n) is 7.78. The molecular formula is C29H37ClN5O8P. The number of hydrogen-bond donors (Lipinski definition) is 0. The summed E-state index contributed by atoms with van der Waals surface area (Å²) in [5, 5.41) is 5.18. The number of esters is 2. The Hall–Kier alpha value is -3.09. The van der Waals surface area contributed by atoms with Crippen molar-refractivity contribution < 1.29 is 37.4 Å². The van der Waals surface area contributed by atoms with Gasteiger partial charge in [0.2, 0.25) is 5.28 Å². The number of ether oxygens (including phenoxy) is 3. The van der Waals surface area contributed by atoms with Crippen LogP contribution in [0, 0.1) is 0 Å². The Morgan fingerprint density at radius 3 is 2.45 bits per heavy atom. The van der Waals surface area contributed by atoms with Gasteiger partial charge in [0, 0.05) is 20.9 Å². The minimum Gasteiger partial charge on any atom is -0.456 e. The maximum Gasteiger partial charge on any atom is 0.330 e. The van der Waals surface area contributed by atoms with Crippen molar-refractivity contribution in [1.82, 2.24) is 19.7 Å². The fraction of sp³-hybridized carbons (Fsp3) is 0.552. The fourth-order valence-electron chi connectivity index (χ4n) is 6.06. The first-order valence-corrected chi connectivity index (χ1v) is 16.7. The Labute approximate surface area is 260 Å². The Kier molecular flexibility index (Phi) is 9.91. The SMILES string of the molecule is CCOP(=O)(CC[C@H]1O[C@@H](n2ncc3c(N(C)[C@H]4CCc5ccccc54)nc(Cl)nc32)[C@H](OC(C)=O)[C@@H]1OC(C)=O)OCC. The molecule has 2 aromatic heterocycles. The van der Waals surface area contributed by atoms with Gasteiger partial charge in [0.1, 0.15) is 11.9 Å². The van der Waals surface area contributed by atoms with Crippen molar-refractivity contribution in [3.8, 4) is 0 Å². The quantitative estimate of drug-likeness (QED) is 0.148. The molecule has 1 saturated heterocycles. The lowest BCUT2D eigenvalue weighted by molar-refractivity contribution is -0.165. The van der Waals surface area contributed by atoms with Crippen LogP contribution in [-0.2, 0) is 43.8 Å². The highest BCUT2D eigenvalue weighted by atomic mass is 35.5. The lowest BCUT2D eigenvalue weighted by atomic mass is 10.1. The van der Waals surface area contributed by atoms with Crippen LogP contribution in [0.4, 0.5) is 5.82 Å². The zero-order valence-corrected chi connectivity index (χ0v) is 27.0. The minimum absolute atomic E-state index is 0.00290. The van der Waals surface area contributed by atoms with E-state index in [0.717, 1.165) is 12.8 Å². The van der Waals surface area contributed by atoms with Gasteiger partial charge in [0.25, 0.3) is 0 Å². The third kappa shape index (κ3) is 6.62. The molecule has 0 N–H and O–H groups in total. The van der Waals surface area contributed by atoms with Crippen molar-refractivity contribution in [2.24, 2.45) is 0 Å². The molecule has 3 aromatic rings. The van der Waals surface area contributed by atoms with Crippen LogP contribution in [0.15, 0.2) is 30.5 Å². The molecule has 1 aliphatic carbocycles. The molecule has 0 radical (unpaired) electrons. The van der Waals surface area contributed by atoms with E-state index < -0.39 is 44.1 Å². The average molecular weight is 650 g/mol. The van der Waals surface area contributed by atoms with Crippen LogP contribution in [-0.4, -0.2) is 76.4 Å². The van der Waals surface area contributed by atoms with E-state index in [1.165, 1.54) is 29.7 Å². The maximum absolute atomic E-state index is 13.2. The van der Waals surface area contributed by atoms with Gasteiger partial charge in [-0.3, -0.25) is 14.2 Å². The first-order valence-electron chi connectivity index (χ1n) is 14.6. The van der Waals surface area contributed by atoms with Crippen LogP contribution < -0.4 is 4.90 Å². The molecule has 3 heterocycles. The minimum atomic E-state index is -3.45. The van der Waals surface area contributed by atoms with Gasteiger partial charge in [-0.25, -0.2) is 4.68 Å². The van der Waals surface area contributed by atoms with Crippen LogP contribution in [0.3, 0.4) is 0 Å². The summed E-state index contributed by atoms with van der Waals surface area (Å²) in [7, 11) is -1.49. The summed E-state index contributed by atoms with van der Waals surface area (Å²) in [5.74, 6) is -0.631. The van der Waals surface area contributed by atoms with E-state index in [9.17, 15) is 14.2 Å².